The van der Waals surface area contributed by atoms with Crippen LogP contribution >= 0.6 is 15.9 Å². The highest BCUT2D eigenvalue weighted by molar-refractivity contribution is 9.10. The lowest BCUT2D eigenvalue weighted by atomic mass is 10.1. The maximum Gasteiger partial charge on any atom is 0.234 e. The molecule has 0 aromatic rings. The van der Waals surface area contributed by atoms with Crippen molar-refractivity contribution in [3.63, 3.8) is 0 Å². The Kier molecular flexibility index (Phi) is 4.89. The van der Waals surface area contributed by atoms with Crippen molar-refractivity contribution in [1.82, 2.24) is 5.32 Å². The zero-order valence-corrected chi connectivity index (χ0v) is 10.3. The van der Waals surface area contributed by atoms with Gasteiger partial charge in [-0.25, -0.2) is 0 Å². The zero-order valence-electron chi connectivity index (χ0n) is 8.75. The Morgan fingerprint density at radius 1 is 1.64 bits per heavy atom. The lowest BCUT2D eigenvalue weighted by molar-refractivity contribution is -0.121. The average molecular weight is 264 g/mol. The van der Waals surface area contributed by atoms with Crippen LogP contribution in [0.5, 0.6) is 0 Å². The number of amides is 1. The summed E-state index contributed by atoms with van der Waals surface area (Å²) in [4.78, 5) is 11.5. The fourth-order valence-corrected chi connectivity index (χ4v) is 1.55. The maximum absolute atomic E-state index is 11.5. The van der Waals surface area contributed by atoms with Crippen LogP contribution in [0.25, 0.3) is 0 Å². The molecule has 0 aromatic heterocycles. The van der Waals surface area contributed by atoms with Crippen molar-refractivity contribution in [2.45, 2.75) is 25.1 Å². The van der Waals surface area contributed by atoms with E-state index in [0.29, 0.717) is 11.8 Å². The number of carbonyl (C=O) groups excluding carboxylic acids is 1. The number of rotatable bonds is 4. The van der Waals surface area contributed by atoms with Crippen LogP contribution in [-0.2, 0) is 9.53 Å². The van der Waals surface area contributed by atoms with Gasteiger partial charge in [-0.1, -0.05) is 29.8 Å². The molecule has 1 amide bonds. The first kappa shape index (κ1) is 12.0. The van der Waals surface area contributed by atoms with Gasteiger partial charge in [-0.3, -0.25) is 4.79 Å². The number of halogens is 1. The first-order valence-electron chi connectivity index (χ1n) is 5.10. The first-order valence-corrected chi connectivity index (χ1v) is 6.02. The number of nitrogens with one attached hydrogen (secondary N) is 1. The number of carbonyl (C=O) groups is 1. The molecule has 2 unspecified atom stereocenters. The zero-order chi connectivity index (χ0) is 10.6. The fourth-order valence-electron chi connectivity index (χ4n) is 1.39. The largest absolute Gasteiger partial charge is 0.381 e. The van der Waals surface area contributed by atoms with Gasteiger partial charge in [-0.05, 0) is 12.3 Å². The van der Waals surface area contributed by atoms with Crippen molar-refractivity contribution in [3.05, 3.63) is 0 Å². The van der Waals surface area contributed by atoms with E-state index in [1.54, 1.807) is 0 Å². The van der Waals surface area contributed by atoms with E-state index < -0.39 is 0 Å². The minimum Gasteiger partial charge on any atom is -0.381 e. The molecule has 0 aliphatic carbocycles. The maximum atomic E-state index is 11.5. The summed E-state index contributed by atoms with van der Waals surface area (Å²) in [6.45, 7) is 6.42. The highest BCUT2D eigenvalue weighted by Crippen LogP contribution is 2.13. The van der Waals surface area contributed by atoms with Crippen LogP contribution in [0.15, 0.2) is 0 Å². The van der Waals surface area contributed by atoms with E-state index in [-0.39, 0.29) is 10.7 Å². The van der Waals surface area contributed by atoms with Gasteiger partial charge in [0.25, 0.3) is 0 Å². The van der Waals surface area contributed by atoms with E-state index >= 15 is 0 Å². The Balaban J connectivity index is 2.19. The van der Waals surface area contributed by atoms with E-state index in [9.17, 15) is 4.79 Å². The van der Waals surface area contributed by atoms with Gasteiger partial charge in [0.1, 0.15) is 0 Å². The molecule has 1 aliphatic rings. The van der Waals surface area contributed by atoms with Crippen LogP contribution in [0.2, 0.25) is 0 Å². The average Bonchev–Trinajstić information content (AvgIpc) is 2.65. The summed E-state index contributed by atoms with van der Waals surface area (Å²) in [5, 5.41) is 2.94. The lowest BCUT2D eigenvalue weighted by Crippen LogP contribution is -2.37. The van der Waals surface area contributed by atoms with Crippen LogP contribution in [-0.4, -0.2) is 30.5 Å². The fraction of sp³-hybridized carbons (Fsp3) is 0.900. The standard InChI is InChI=1S/C10H18BrNO2/c1-7(2)9(11)10(13)12-5-8-3-4-14-6-8/h7-9H,3-6H2,1-2H3,(H,12,13). The topological polar surface area (TPSA) is 38.3 Å². The van der Waals surface area contributed by atoms with Crippen molar-refractivity contribution in [2.75, 3.05) is 19.8 Å². The molecule has 4 heteroatoms. The summed E-state index contributed by atoms with van der Waals surface area (Å²) in [6.07, 6.45) is 1.06. The van der Waals surface area contributed by atoms with Crippen molar-refractivity contribution in [1.29, 1.82) is 0 Å². The molecule has 1 N–H and O–H groups in total. The summed E-state index contributed by atoms with van der Waals surface area (Å²) in [7, 11) is 0. The van der Waals surface area contributed by atoms with E-state index in [1.807, 2.05) is 13.8 Å². The molecule has 0 radical (unpaired) electrons. The van der Waals surface area contributed by atoms with Gasteiger partial charge in [0.2, 0.25) is 5.91 Å². The Morgan fingerprint density at radius 3 is 2.86 bits per heavy atom. The molecule has 2 atom stereocenters. The predicted octanol–water partition coefficient (Wildman–Crippen LogP) is 1.56. The van der Waals surface area contributed by atoms with Crippen molar-refractivity contribution in [2.24, 2.45) is 11.8 Å². The second kappa shape index (κ2) is 5.71. The van der Waals surface area contributed by atoms with Crippen LogP contribution in [0.4, 0.5) is 0 Å². The second-order valence-electron chi connectivity index (χ2n) is 4.12. The first-order chi connectivity index (χ1) is 6.61. The van der Waals surface area contributed by atoms with Gasteiger partial charge in [0.05, 0.1) is 11.4 Å². The summed E-state index contributed by atoms with van der Waals surface area (Å²) in [5.41, 5.74) is 0. The van der Waals surface area contributed by atoms with Gasteiger partial charge in [-0.2, -0.15) is 0 Å². The molecule has 1 aliphatic heterocycles. The highest BCUT2D eigenvalue weighted by atomic mass is 79.9. The molecule has 82 valence electrons. The molecule has 0 aromatic carbocycles. The normalized spacial score (nSPS) is 23.9. The number of hydrogen-bond donors (Lipinski definition) is 1. The molecule has 0 bridgehead atoms. The quantitative estimate of drug-likeness (QED) is 0.782. The molecular formula is C10H18BrNO2. The van der Waals surface area contributed by atoms with Gasteiger partial charge < -0.3 is 10.1 Å². The van der Waals surface area contributed by atoms with Gasteiger partial charge in [0, 0.05) is 19.1 Å². The van der Waals surface area contributed by atoms with E-state index in [4.69, 9.17) is 4.74 Å². The Bertz CT molecular complexity index is 191. The van der Waals surface area contributed by atoms with Gasteiger partial charge in [0.15, 0.2) is 0 Å². The van der Waals surface area contributed by atoms with Crippen LogP contribution in [0.1, 0.15) is 20.3 Å². The third-order valence-electron chi connectivity index (χ3n) is 2.42. The lowest BCUT2D eigenvalue weighted by Gasteiger charge is -2.15. The predicted molar refractivity (Wildman–Crippen MR) is 59.5 cm³/mol. The smallest absolute Gasteiger partial charge is 0.234 e. The Morgan fingerprint density at radius 2 is 2.36 bits per heavy atom. The minimum absolute atomic E-state index is 0.0789. The summed E-state index contributed by atoms with van der Waals surface area (Å²) in [5.74, 6) is 0.924. The van der Waals surface area contributed by atoms with Crippen LogP contribution in [0, 0.1) is 11.8 Å². The third kappa shape index (κ3) is 3.58. The highest BCUT2D eigenvalue weighted by Gasteiger charge is 2.21. The van der Waals surface area contributed by atoms with E-state index in [1.165, 1.54) is 0 Å². The molecule has 1 rings (SSSR count). The van der Waals surface area contributed by atoms with Gasteiger partial charge >= 0.3 is 0 Å². The van der Waals surface area contributed by atoms with E-state index in [2.05, 4.69) is 21.2 Å². The summed E-state index contributed by atoms with van der Waals surface area (Å²) >= 11 is 3.37. The molecule has 1 fully saturated rings. The minimum atomic E-state index is -0.0789. The van der Waals surface area contributed by atoms with Crippen molar-refractivity contribution in [3.8, 4) is 0 Å². The molecule has 14 heavy (non-hydrogen) atoms. The van der Waals surface area contributed by atoms with Crippen molar-refractivity contribution < 1.29 is 9.53 Å². The molecule has 0 spiro atoms. The Labute approximate surface area is 93.7 Å². The van der Waals surface area contributed by atoms with Crippen LogP contribution < -0.4 is 5.32 Å². The van der Waals surface area contributed by atoms with Crippen molar-refractivity contribution >= 4 is 21.8 Å². The van der Waals surface area contributed by atoms with Crippen LogP contribution in [0.3, 0.4) is 0 Å². The van der Waals surface area contributed by atoms with E-state index in [0.717, 1.165) is 26.2 Å². The molecule has 3 nitrogen and oxygen atoms in total. The summed E-state index contributed by atoms with van der Waals surface area (Å²) < 4.78 is 5.23. The Hall–Kier alpha value is -0.0900. The molecule has 1 saturated heterocycles. The number of hydrogen-bond acceptors (Lipinski definition) is 2. The third-order valence-corrected chi connectivity index (χ3v) is 3.90. The number of ether oxygens (including phenoxy) is 1. The molecular weight excluding hydrogens is 246 g/mol. The molecule has 1 heterocycles. The SMILES string of the molecule is CC(C)C(Br)C(=O)NCC1CCOC1. The monoisotopic (exact) mass is 263 g/mol. The second-order valence-corrected chi connectivity index (χ2v) is 5.11. The van der Waals surface area contributed by atoms with Gasteiger partial charge in [-0.15, -0.1) is 0 Å². The number of alkyl halides is 1. The molecule has 0 saturated carbocycles. The summed E-state index contributed by atoms with van der Waals surface area (Å²) in [6, 6.07) is 0.